The van der Waals surface area contributed by atoms with E-state index in [4.69, 9.17) is 19.6 Å². The van der Waals surface area contributed by atoms with Gasteiger partial charge in [0.25, 0.3) is 0 Å². The number of rotatable bonds is 2. The van der Waals surface area contributed by atoms with Gasteiger partial charge in [-0.15, -0.1) is 0 Å². The van der Waals surface area contributed by atoms with Gasteiger partial charge in [-0.2, -0.15) is 0 Å². The Labute approximate surface area is 269 Å². The van der Waals surface area contributed by atoms with Crippen LogP contribution in [0, 0.1) is 5.92 Å². The zero-order valence-corrected chi connectivity index (χ0v) is 27.3. The average molecular weight is 648 g/mol. The Hall–Kier alpha value is -3.57. The van der Waals surface area contributed by atoms with Gasteiger partial charge in [-0.1, -0.05) is 39.3 Å². The van der Waals surface area contributed by atoms with E-state index in [9.17, 15) is 14.4 Å². The van der Waals surface area contributed by atoms with Crippen LogP contribution in [0.4, 0.5) is 0 Å². The summed E-state index contributed by atoms with van der Waals surface area (Å²) in [5, 5.41) is 4.05. The maximum absolute atomic E-state index is 13.7. The minimum atomic E-state index is -1.10. The number of dihydropyridines is 1. The van der Waals surface area contributed by atoms with Crippen LogP contribution in [0.2, 0.25) is 0 Å². The van der Waals surface area contributed by atoms with Crippen LogP contribution in [0.5, 0.6) is 5.75 Å². The van der Waals surface area contributed by atoms with Gasteiger partial charge in [0.1, 0.15) is 11.3 Å². The Bertz CT molecular complexity index is 1790. The number of allylic oxidation sites excluding steroid dienone is 2. The van der Waals surface area contributed by atoms with Crippen LogP contribution in [-0.2, 0) is 20.7 Å². The number of carbonyl (C=O) groups is 2. The van der Waals surface area contributed by atoms with Crippen molar-refractivity contribution >= 4 is 44.4 Å². The molecule has 236 valence electrons. The third-order valence-electron chi connectivity index (χ3n) is 10.0. The van der Waals surface area contributed by atoms with Crippen molar-refractivity contribution in [1.29, 1.82) is 0 Å². The number of hydrogen-bond donors (Lipinski definition) is 2. The van der Waals surface area contributed by atoms with Gasteiger partial charge in [0.2, 0.25) is 5.91 Å². The Morgan fingerprint density at radius 3 is 2.87 bits per heavy atom. The highest BCUT2D eigenvalue weighted by Crippen LogP contribution is 2.57. The van der Waals surface area contributed by atoms with Gasteiger partial charge >= 0.3 is 11.6 Å². The first-order chi connectivity index (χ1) is 21.6. The van der Waals surface area contributed by atoms with Crippen molar-refractivity contribution in [3.63, 3.8) is 0 Å². The minimum absolute atomic E-state index is 0.116. The molecule has 0 saturated carbocycles. The molecule has 0 bridgehead atoms. The Morgan fingerprint density at radius 2 is 2.09 bits per heavy atom. The highest BCUT2D eigenvalue weighted by Gasteiger charge is 2.64. The number of nitrogens with two attached hydrogens (primary N) is 1. The molecule has 0 unspecified atom stereocenters. The van der Waals surface area contributed by atoms with E-state index < -0.39 is 22.8 Å². The normalized spacial score (nSPS) is 29.9. The molecule has 7 rings (SSSR count). The molecule has 1 aromatic heterocycles. The maximum Gasteiger partial charge on any atom is 0.336 e. The van der Waals surface area contributed by atoms with Crippen LogP contribution in [0.3, 0.4) is 0 Å². The van der Waals surface area contributed by atoms with Crippen molar-refractivity contribution in [2.45, 2.75) is 63.7 Å². The molecule has 4 atom stereocenters. The SMILES string of the molecule is C/C=C(\C)C(=O)O[C@]1(C)CC=C2CSSC[C@H]3CCN3C(=O)CC3=C(C=C(N)NC3)[C@@H]2[C@]12Cc1cc3ccc(=O)oc3cc1O2. The van der Waals surface area contributed by atoms with Crippen molar-refractivity contribution in [2.24, 2.45) is 11.7 Å². The van der Waals surface area contributed by atoms with Crippen molar-refractivity contribution in [1.82, 2.24) is 10.2 Å². The monoisotopic (exact) mass is 647 g/mol. The van der Waals surface area contributed by atoms with E-state index in [-0.39, 0.29) is 24.3 Å². The summed E-state index contributed by atoms with van der Waals surface area (Å²) in [6.07, 6.45) is 8.08. The van der Waals surface area contributed by atoms with Crippen LogP contribution < -0.4 is 21.4 Å². The molecule has 1 aliphatic carbocycles. The molecule has 3 N–H and O–H groups in total. The molecule has 1 amide bonds. The fourth-order valence-electron chi connectivity index (χ4n) is 7.24. The molecule has 11 heteroatoms. The number of esters is 1. The smallest absolute Gasteiger partial charge is 0.336 e. The first kappa shape index (κ1) is 30.1. The Kier molecular flexibility index (Phi) is 7.59. The molecule has 5 heterocycles. The molecule has 1 spiro atoms. The summed E-state index contributed by atoms with van der Waals surface area (Å²) >= 11 is 0. The largest absolute Gasteiger partial charge is 0.481 e. The number of nitrogens with one attached hydrogen (secondary N) is 1. The quantitative estimate of drug-likeness (QED) is 0.155. The first-order valence-electron chi connectivity index (χ1n) is 15.4. The number of nitrogens with zero attached hydrogens (tertiary/aromatic N) is 1. The highest BCUT2D eigenvalue weighted by molar-refractivity contribution is 8.76. The molecule has 5 aliphatic rings. The van der Waals surface area contributed by atoms with Gasteiger partial charge in [-0.3, -0.25) is 4.79 Å². The van der Waals surface area contributed by atoms with Crippen LogP contribution in [0.25, 0.3) is 11.0 Å². The average Bonchev–Trinajstić information content (AvgIpc) is 3.36. The summed E-state index contributed by atoms with van der Waals surface area (Å²) in [5.74, 6) is 2.07. The molecule has 0 radical (unpaired) electrons. The van der Waals surface area contributed by atoms with Gasteiger partial charge in [0.05, 0.1) is 18.2 Å². The predicted molar refractivity (Wildman–Crippen MR) is 177 cm³/mol. The summed E-state index contributed by atoms with van der Waals surface area (Å²) < 4.78 is 19.1. The van der Waals surface area contributed by atoms with Crippen LogP contribution in [0.1, 0.15) is 45.6 Å². The number of carbonyl (C=O) groups excluding carboxylic acids is 2. The van der Waals surface area contributed by atoms with Gasteiger partial charge in [-0.05, 0) is 62.1 Å². The second-order valence-electron chi connectivity index (χ2n) is 12.7. The van der Waals surface area contributed by atoms with Crippen molar-refractivity contribution in [2.75, 3.05) is 24.6 Å². The minimum Gasteiger partial charge on any atom is -0.481 e. The second kappa shape index (κ2) is 11.3. The van der Waals surface area contributed by atoms with Crippen molar-refractivity contribution in [3.8, 4) is 5.75 Å². The van der Waals surface area contributed by atoms with Gasteiger partial charge in [-0.25, -0.2) is 9.59 Å². The molecule has 1 fully saturated rings. The van der Waals surface area contributed by atoms with Crippen LogP contribution in [0.15, 0.2) is 79.8 Å². The van der Waals surface area contributed by atoms with Crippen LogP contribution in [-0.4, -0.2) is 58.6 Å². The van der Waals surface area contributed by atoms with Crippen molar-refractivity contribution in [3.05, 3.63) is 86.6 Å². The summed E-state index contributed by atoms with van der Waals surface area (Å²) in [6.45, 7) is 6.74. The third-order valence-corrected chi connectivity index (χ3v) is 12.4. The summed E-state index contributed by atoms with van der Waals surface area (Å²) in [5.41, 5.74) is 8.77. The lowest BCUT2D eigenvalue weighted by Crippen LogP contribution is -2.65. The standard InChI is InChI=1S/C34H37N3O6S2/c1-4-19(2)32(40)43-33(3)9-7-21-17-44-45-18-24-8-10-37(24)29(38)12-23-16-36-28(35)13-25(23)31(21)34(33)15-22-11-20-5-6-30(39)41-26(20)14-27(22)42-34/h4-7,11,13-14,24,31,36H,8-10,12,15-18,35H2,1-3H3/b19-4+/t24-,31-,33-,34-/m1/s1. The molecular weight excluding hydrogens is 611 g/mol. The maximum atomic E-state index is 13.7. The topological polar surface area (TPSA) is 124 Å². The third kappa shape index (κ3) is 5.08. The Balaban J connectivity index is 1.43. The molecule has 1 saturated heterocycles. The van der Waals surface area contributed by atoms with Crippen LogP contribution >= 0.6 is 21.6 Å². The fourth-order valence-corrected chi connectivity index (χ4v) is 9.76. The lowest BCUT2D eigenvalue weighted by molar-refractivity contribution is -0.186. The highest BCUT2D eigenvalue weighted by atomic mass is 33.1. The number of benzene rings is 1. The molecule has 9 nitrogen and oxygen atoms in total. The van der Waals surface area contributed by atoms with E-state index in [1.807, 2.05) is 30.9 Å². The Morgan fingerprint density at radius 1 is 1.24 bits per heavy atom. The summed E-state index contributed by atoms with van der Waals surface area (Å²) in [4.78, 5) is 41.2. The molecule has 4 aliphatic heterocycles. The predicted octanol–water partition coefficient (Wildman–Crippen LogP) is 4.77. The molecule has 45 heavy (non-hydrogen) atoms. The molecule has 2 aromatic rings. The van der Waals surface area contributed by atoms with Gasteiger partial charge < -0.3 is 29.8 Å². The number of hydrogen-bond acceptors (Lipinski definition) is 10. The molecular formula is C34H37N3O6S2. The molecule has 1 aromatic carbocycles. The van der Waals surface area contributed by atoms with E-state index in [0.29, 0.717) is 42.1 Å². The summed E-state index contributed by atoms with van der Waals surface area (Å²) in [7, 11) is 3.58. The van der Waals surface area contributed by atoms with E-state index in [1.165, 1.54) is 6.07 Å². The van der Waals surface area contributed by atoms with E-state index in [2.05, 4.69) is 11.4 Å². The second-order valence-corrected chi connectivity index (χ2v) is 15.2. The lowest BCUT2D eigenvalue weighted by atomic mass is 9.61. The lowest BCUT2D eigenvalue weighted by Gasteiger charge is -2.53. The van der Waals surface area contributed by atoms with Gasteiger partial charge in [0.15, 0.2) is 11.2 Å². The van der Waals surface area contributed by atoms with E-state index >= 15 is 0 Å². The number of fused-ring (bicyclic) bond motifs is 6. The van der Waals surface area contributed by atoms with Crippen molar-refractivity contribution < 1.29 is 23.5 Å². The number of ether oxygens (including phenoxy) is 2. The van der Waals surface area contributed by atoms with Gasteiger partial charge in [0, 0.05) is 66.6 Å². The first-order valence-corrected chi connectivity index (χ1v) is 17.9. The zero-order valence-electron chi connectivity index (χ0n) is 25.6. The fraction of sp³-hybridized carbons (Fsp3) is 0.441. The zero-order chi connectivity index (χ0) is 31.5. The number of amides is 1. The summed E-state index contributed by atoms with van der Waals surface area (Å²) in [6, 6.07) is 7.19. The van der Waals surface area contributed by atoms with E-state index in [0.717, 1.165) is 52.1 Å². The van der Waals surface area contributed by atoms with E-state index in [1.54, 1.807) is 46.7 Å².